The number of carbonyl (C=O) groups is 1. The average molecular weight is 356 g/mol. The van der Waals surface area contributed by atoms with Gasteiger partial charge in [-0.25, -0.2) is 0 Å². The van der Waals surface area contributed by atoms with Crippen LogP contribution in [0.1, 0.15) is 35.4 Å². The Morgan fingerprint density at radius 3 is 2.85 bits per heavy atom. The number of rotatable bonds is 6. The van der Waals surface area contributed by atoms with Crippen LogP contribution in [0.15, 0.2) is 30.3 Å². The van der Waals surface area contributed by atoms with Gasteiger partial charge in [0.15, 0.2) is 5.60 Å². The Kier molecular flexibility index (Phi) is 5.44. The summed E-state index contributed by atoms with van der Waals surface area (Å²) in [6.07, 6.45) is 1.31. The lowest BCUT2D eigenvalue weighted by Crippen LogP contribution is -2.57. The summed E-state index contributed by atoms with van der Waals surface area (Å²) in [6, 6.07) is 10.1. The molecule has 0 unspecified atom stereocenters. The van der Waals surface area contributed by atoms with E-state index in [1.54, 1.807) is 4.90 Å². The van der Waals surface area contributed by atoms with Crippen LogP contribution in [0.4, 0.5) is 0 Å². The molecule has 0 radical (unpaired) electrons. The Labute approximate surface area is 154 Å². The van der Waals surface area contributed by atoms with E-state index in [1.807, 2.05) is 50.1 Å². The first kappa shape index (κ1) is 18.6. The van der Waals surface area contributed by atoms with Crippen LogP contribution in [-0.4, -0.2) is 56.7 Å². The molecule has 1 aromatic heterocycles. The minimum absolute atomic E-state index is 0.171. The molecule has 0 bridgehead atoms. The Morgan fingerprint density at radius 2 is 2.15 bits per heavy atom. The van der Waals surface area contributed by atoms with E-state index < -0.39 is 5.60 Å². The molecule has 1 aliphatic heterocycles. The second kappa shape index (κ2) is 7.60. The molecule has 2 heterocycles. The maximum Gasteiger partial charge on any atom is 0.256 e. The number of aromatic amines is 1. The van der Waals surface area contributed by atoms with Gasteiger partial charge in [-0.3, -0.25) is 14.8 Å². The van der Waals surface area contributed by atoms with Crippen LogP contribution in [0.25, 0.3) is 0 Å². The third-order valence-corrected chi connectivity index (χ3v) is 4.88. The lowest BCUT2D eigenvalue weighted by molar-refractivity contribution is -0.160. The number of aryl methyl sites for hydroxylation is 2. The summed E-state index contributed by atoms with van der Waals surface area (Å²) in [7, 11) is 1.91. The molecule has 6 heteroatoms. The van der Waals surface area contributed by atoms with Gasteiger partial charge in [0.05, 0.1) is 5.69 Å². The Balaban J connectivity index is 1.65. The minimum atomic E-state index is -1.33. The molecular formula is C20H28N4O2. The Bertz CT molecular complexity index is 773. The monoisotopic (exact) mass is 356 g/mol. The molecule has 1 fully saturated rings. The van der Waals surface area contributed by atoms with E-state index in [9.17, 15) is 9.90 Å². The van der Waals surface area contributed by atoms with Crippen LogP contribution in [0.2, 0.25) is 0 Å². The predicted molar refractivity (Wildman–Crippen MR) is 100 cm³/mol. The number of aliphatic hydroxyl groups is 1. The number of likely N-dealkylation sites (tertiary alicyclic amines) is 1. The van der Waals surface area contributed by atoms with Crippen molar-refractivity contribution in [2.75, 3.05) is 20.1 Å². The molecule has 6 nitrogen and oxygen atoms in total. The fraction of sp³-hybridized carbons (Fsp3) is 0.500. The number of aromatic nitrogens is 2. The summed E-state index contributed by atoms with van der Waals surface area (Å²) in [5.74, 6) is -0.171. The van der Waals surface area contributed by atoms with Crippen molar-refractivity contribution in [2.24, 2.45) is 0 Å². The van der Waals surface area contributed by atoms with E-state index in [1.165, 1.54) is 5.56 Å². The maximum absolute atomic E-state index is 13.0. The standard InChI is InChI=1S/C20H28N4O2/c1-15-6-4-7-17(10-15)12-24-9-5-8-20(26,19(24)25)14-23(3)13-18-11-16(2)21-22-18/h4,6-7,10-11,26H,5,8-9,12-14H2,1-3H3,(H,21,22)/t20-/m0/s1. The van der Waals surface area contributed by atoms with E-state index in [2.05, 4.69) is 16.3 Å². The van der Waals surface area contributed by atoms with E-state index in [0.717, 1.165) is 23.4 Å². The number of piperidine rings is 1. The van der Waals surface area contributed by atoms with Gasteiger partial charge >= 0.3 is 0 Å². The smallest absolute Gasteiger partial charge is 0.256 e. The number of benzene rings is 1. The van der Waals surface area contributed by atoms with Gasteiger partial charge in [-0.2, -0.15) is 5.10 Å². The quantitative estimate of drug-likeness (QED) is 0.830. The van der Waals surface area contributed by atoms with Gasteiger partial charge in [0.25, 0.3) is 5.91 Å². The van der Waals surface area contributed by atoms with Gasteiger partial charge < -0.3 is 10.0 Å². The van der Waals surface area contributed by atoms with Gasteiger partial charge in [0.1, 0.15) is 0 Å². The molecule has 140 valence electrons. The highest BCUT2D eigenvalue weighted by Crippen LogP contribution is 2.25. The number of nitrogens with one attached hydrogen (secondary N) is 1. The van der Waals surface area contributed by atoms with Crippen molar-refractivity contribution in [1.82, 2.24) is 20.0 Å². The number of amides is 1. The van der Waals surface area contributed by atoms with Crippen molar-refractivity contribution >= 4 is 5.91 Å². The van der Waals surface area contributed by atoms with Crippen molar-refractivity contribution in [1.29, 1.82) is 0 Å². The normalized spacial score (nSPS) is 20.8. The van der Waals surface area contributed by atoms with E-state index in [4.69, 9.17) is 0 Å². The fourth-order valence-corrected chi connectivity index (χ4v) is 3.73. The highest BCUT2D eigenvalue weighted by atomic mass is 16.3. The van der Waals surface area contributed by atoms with Crippen LogP contribution in [0.3, 0.4) is 0 Å². The molecule has 3 rings (SSSR count). The topological polar surface area (TPSA) is 72.5 Å². The number of nitrogens with zero attached hydrogens (tertiary/aromatic N) is 3. The molecule has 1 saturated heterocycles. The Hall–Kier alpha value is -2.18. The van der Waals surface area contributed by atoms with E-state index in [0.29, 0.717) is 32.6 Å². The van der Waals surface area contributed by atoms with E-state index in [-0.39, 0.29) is 5.91 Å². The lowest BCUT2D eigenvalue weighted by atomic mass is 9.90. The molecule has 2 N–H and O–H groups in total. The fourth-order valence-electron chi connectivity index (χ4n) is 3.73. The van der Waals surface area contributed by atoms with Crippen molar-refractivity contribution in [3.05, 3.63) is 52.8 Å². The van der Waals surface area contributed by atoms with Crippen molar-refractivity contribution < 1.29 is 9.90 Å². The second-order valence-electron chi connectivity index (χ2n) is 7.57. The molecule has 1 atom stereocenters. The summed E-state index contributed by atoms with van der Waals surface area (Å²) in [5, 5.41) is 18.2. The highest BCUT2D eigenvalue weighted by molar-refractivity contribution is 5.86. The summed E-state index contributed by atoms with van der Waals surface area (Å²) >= 11 is 0. The van der Waals surface area contributed by atoms with Crippen LogP contribution >= 0.6 is 0 Å². The Morgan fingerprint density at radius 1 is 1.35 bits per heavy atom. The van der Waals surface area contributed by atoms with Gasteiger partial charge in [-0.15, -0.1) is 0 Å². The molecular weight excluding hydrogens is 328 g/mol. The minimum Gasteiger partial charge on any atom is -0.379 e. The summed E-state index contributed by atoms with van der Waals surface area (Å²) in [4.78, 5) is 16.7. The first-order chi connectivity index (χ1) is 12.4. The van der Waals surface area contributed by atoms with Gasteiger partial charge in [0.2, 0.25) is 0 Å². The van der Waals surface area contributed by atoms with Crippen molar-refractivity contribution in [3.8, 4) is 0 Å². The average Bonchev–Trinajstić information content (AvgIpc) is 2.97. The molecule has 1 aromatic carbocycles. The predicted octanol–water partition coefficient (Wildman–Crippen LogP) is 2.01. The molecule has 2 aromatic rings. The number of carbonyl (C=O) groups excluding carboxylic acids is 1. The van der Waals surface area contributed by atoms with Crippen LogP contribution < -0.4 is 0 Å². The van der Waals surface area contributed by atoms with Gasteiger partial charge in [0, 0.05) is 31.9 Å². The van der Waals surface area contributed by atoms with Gasteiger partial charge in [-0.05, 0) is 45.4 Å². The summed E-state index contributed by atoms with van der Waals surface area (Å²) in [5.41, 5.74) is 2.86. The number of H-pyrrole nitrogens is 1. The molecule has 0 aliphatic carbocycles. The van der Waals surface area contributed by atoms with Crippen molar-refractivity contribution in [2.45, 2.75) is 45.4 Å². The molecule has 0 spiro atoms. The van der Waals surface area contributed by atoms with Crippen LogP contribution in [0.5, 0.6) is 0 Å². The SMILES string of the molecule is Cc1cccc(CN2CCC[C@](O)(CN(C)Cc3cc(C)[nH]n3)C2=O)c1. The molecule has 26 heavy (non-hydrogen) atoms. The second-order valence-corrected chi connectivity index (χ2v) is 7.57. The van der Waals surface area contributed by atoms with Crippen LogP contribution in [0, 0.1) is 13.8 Å². The maximum atomic E-state index is 13.0. The zero-order valence-electron chi connectivity index (χ0n) is 15.8. The van der Waals surface area contributed by atoms with Crippen LogP contribution in [-0.2, 0) is 17.9 Å². The molecule has 0 saturated carbocycles. The zero-order chi connectivity index (χ0) is 18.7. The molecule has 1 aliphatic rings. The zero-order valence-corrected chi connectivity index (χ0v) is 15.8. The first-order valence-electron chi connectivity index (χ1n) is 9.12. The number of likely N-dealkylation sites (N-methyl/N-ethyl adjacent to an activating group) is 1. The first-order valence-corrected chi connectivity index (χ1v) is 9.12. The number of hydrogen-bond donors (Lipinski definition) is 2. The van der Waals surface area contributed by atoms with E-state index >= 15 is 0 Å². The third-order valence-electron chi connectivity index (χ3n) is 4.88. The van der Waals surface area contributed by atoms with Gasteiger partial charge in [-0.1, -0.05) is 29.8 Å². The number of hydrogen-bond acceptors (Lipinski definition) is 4. The summed E-state index contributed by atoms with van der Waals surface area (Å²) in [6.45, 7) is 6.14. The van der Waals surface area contributed by atoms with Crippen molar-refractivity contribution in [3.63, 3.8) is 0 Å². The largest absolute Gasteiger partial charge is 0.379 e. The third kappa shape index (κ3) is 4.31. The highest BCUT2D eigenvalue weighted by Gasteiger charge is 2.42. The molecule has 1 amide bonds. The summed E-state index contributed by atoms with van der Waals surface area (Å²) < 4.78 is 0. The lowest BCUT2D eigenvalue weighted by Gasteiger charge is -2.40.